The van der Waals surface area contributed by atoms with E-state index in [9.17, 15) is 9.59 Å². The standard InChI is InChI=1S/C20H22N2O2/c1-14(2)18(23)21-22-19(24)17-13-20(17,15-9-5-3-6-10-15)16-11-7-4-8-12-16/h3-12,14,17H,13H2,1-2H3,(H,21,23)(H,22,24)/t17-/m0/s1. The molecule has 3 rings (SSSR count). The molecule has 0 aliphatic heterocycles. The first kappa shape index (κ1) is 16.2. The van der Waals surface area contributed by atoms with E-state index in [0.29, 0.717) is 0 Å². The van der Waals surface area contributed by atoms with Gasteiger partial charge in [0, 0.05) is 11.3 Å². The Balaban J connectivity index is 1.83. The van der Waals surface area contributed by atoms with Gasteiger partial charge >= 0.3 is 0 Å². The Bertz CT molecular complexity index is 686. The molecule has 0 radical (unpaired) electrons. The van der Waals surface area contributed by atoms with Crippen LogP contribution in [0.5, 0.6) is 0 Å². The lowest BCUT2D eigenvalue weighted by molar-refractivity contribution is -0.131. The van der Waals surface area contributed by atoms with E-state index in [1.807, 2.05) is 36.4 Å². The van der Waals surface area contributed by atoms with Crippen LogP contribution in [-0.4, -0.2) is 11.8 Å². The molecular weight excluding hydrogens is 300 g/mol. The van der Waals surface area contributed by atoms with Crippen LogP contribution in [-0.2, 0) is 15.0 Å². The molecule has 24 heavy (non-hydrogen) atoms. The van der Waals surface area contributed by atoms with Crippen LogP contribution < -0.4 is 10.9 Å². The van der Waals surface area contributed by atoms with Crippen LogP contribution in [0.1, 0.15) is 31.4 Å². The minimum atomic E-state index is -0.310. The third kappa shape index (κ3) is 2.92. The molecular formula is C20H22N2O2. The van der Waals surface area contributed by atoms with Crippen molar-refractivity contribution in [2.24, 2.45) is 11.8 Å². The summed E-state index contributed by atoms with van der Waals surface area (Å²) in [6.07, 6.45) is 0.740. The quantitative estimate of drug-likeness (QED) is 0.851. The average molecular weight is 322 g/mol. The fourth-order valence-corrected chi connectivity index (χ4v) is 3.21. The van der Waals surface area contributed by atoms with Crippen LogP contribution in [0.3, 0.4) is 0 Å². The van der Waals surface area contributed by atoms with Crippen molar-refractivity contribution in [1.82, 2.24) is 10.9 Å². The molecule has 1 aliphatic rings. The minimum absolute atomic E-state index is 0.142. The maximum Gasteiger partial charge on any atom is 0.242 e. The summed E-state index contributed by atoms with van der Waals surface area (Å²) in [5, 5.41) is 0. The first-order valence-corrected chi connectivity index (χ1v) is 8.26. The van der Waals surface area contributed by atoms with Crippen molar-refractivity contribution in [3.05, 3.63) is 71.8 Å². The molecule has 2 aromatic rings. The topological polar surface area (TPSA) is 58.2 Å². The average Bonchev–Trinajstić information content (AvgIpc) is 3.38. The van der Waals surface area contributed by atoms with E-state index < -0.39 is 0 Å². The molecule has 1 saturated carbocycles. The van der Waals surface area contributed by atoms with Gasteiger partial charge in [-0.25, -0.2) is 0 Å². The number of hydrazine groups is 1. The second-order valence-electron chi connectivity index (χ2n) is 6.59. The van der Waals surface area contributed by atoms with Gasteiger partial charge in [0.15, 0.2) is 0 Å². The molecule has 0 aromatic heterocycles. The SMILES string of the molecule is CC(C)C(=O)NNC(=O)[C@@H]1CC1(c1ccccc1)c1ccccc1. The number of amides is 2. The van der Waals surface area contributed by atoms with Crippen molar-refractivity contribution in [3.63, 3.8) is 0 Å². The summed E-state index contributed by atoms with van der Waals surface area (Å²) >= 11 is 0. The molecule has 2 N–H and O–H groups in total. The van der Waals surface area contributed by atoms with Crippen LogP contribution in [0.25, 0.3) is 0 Å². The van der Waals surface area contributed by atoms with E-state index in [-0.39, 0.29) is 29.1 Å². The van der Waals surface area contributed by atoms with Crippen LogP contribution in [0, 0.1) is 11.8 Å². The normalized spacial score (nSPS) is 18.0. The highest BCUT2D eigenvalue weighted by atomic mass is 16.2. The fourth-order valence-electron chi connectivity index (χ4n) is 3.21. The molecule has 4 heteroatoms. The summed E-state index contributed by atoms with van der Waals surface area (Å²) < 4.78 is 0. The Hall–Kier alpha value is -2.62. The Morgan fingerprint density at radius 2 is 1.42 bits per heavy atom. The van der Waals surface area contributed by atoms with Crippen molar-refractivity contribution in [1.29, 1.82) is 0 Å². The van der Waals surface area contributed by atoms with E-state index in [1.165, 1.54) is 0 Å². The molecule has 1 fully saturated rings. The lowest BCUT2D eigenvalue weighted by atomic mass is 9.85. The summed E-state index contributed by atoms with van der Waals surface area (Å²) in [5.74, 6) is -0.682. The van der Waals surface area contributed by atoms with Gasteiger partial charge in [0.25, 0.3) is 0 Å². The van der Waals surface area contributed by atoms with E-state index in [1.54, 1.807) is 13.8 Å². The summed E-state index contributed by atoms with van der Waals surface area (Å²) in [7, 11) is 0. The smallest absolute Gasteiger partial charge is 0.242 e. The van der Waals surface area contributed by atoms with E-state index >= 15 is 0 Å². The largest absolute Gasteiger partial charge is 0.273 e. The molecule has 2 aromatic carbocycles. The zero-order valence-corrected chi connectivity index (χ0v) is 14.0. The maximum atomic E-state index is 12.6. The Labute approximate surface area is 142 Å². The molecule has 0 heterocycles. The van der Waals surface area contributed by atoms with Gasteiger partial charge in [0.05, 0.1) is 5.92 Å². The molecule has 4 nitrogen and oxygen atoms in total. The van der Waals surface area contributed by atoms with Crippen molar-refractivity contribution >= 4 is 11.8 Å². The van der Waals surface area contributed by atoms with Gasteiger partial charge in [-0.15, -0.1) is 0 Å². The number of benzene rings is 2. The minimum Gasteiger partial charge on any atom is -0.273 e. The highest BCUT2D eigenvalue weighted by molar-refractivity contribution is 5.88. The monoisotopic (exact) mass is 322 g/mol. The number of hydrogen-bond donors (Lipinski definition) is 2. The highest BCUT2D eigenvalue weighted by Gasteiger charge is 2.60. The Kier molecular flexibility index (Phi) is 4.38. The molecule has 0 bridgehead atoms. The van der Waals surface area contributed by atoms with E-state index in [2.05, 4.69) is 35.1 Å². The van der Waals surface area contributed by atoms with Gasteiger partial charge in [-0.05, 0) is 17.5 Å². The van der Waals surface area contributed by atoms with E-state index in [0.717, 1.165) is 17.5 Å². The molecule has 0 saturated heterocycles. The van der Waals surface area contributed by atoms with Gasteiger partial charge < -0.3 is 0 Å². The third-order valence-electron chi connectivity index (χ3n) is 4.69. The molecule has 1 aliphatic carbocycles. The summed E-state index contributed by atoms with van der Waals surface area (Å²) in [6, 6.07) is 20.2. The zero-order chi connectivity index (χ0) is 17.2. The van der Waals surface area contributed by atoms with Crippen molar-refractivity contribution in [2.75, 3.05) is 0 Å². The van der Waals surface area contributed by atoms with Gasteiger partial charge in [0.2, 0.25) is 11.8 Å². The number of nitrogens with one attached hydrogen (secondary N) is 2. The summed E-state index contributed by atoms with van der Waals surface area (Å²) in [5.41, 5.74) is 7.04. The lowest BCUT2D eigenvalue weighted by Gasteiger charge is -2.19. The summed E-state index contributed by atoms with van der Waals surface area (Å²) in [6.45, 7) is 3.58. The van der Waals surface area contributed by atoms with Crippen LogP contribution in [0.4, 0.5) is 0 Å². The van der Waals surface area contributed by atoms with E-state index in [4.69, 9.17) is 0 Å². The van der Waals surface area contributed by atoms with Crippen molar-refractivity contribution in [3.8, 4) is 0 Å². The number of rotatable bonds is 4. The van der Waals surface area contributed by atoms with Crippen molar-refractivity contribution in [2.45, 2.75) is 25.7 Å². The Morgan fingerprint density at radius 1 is 0.917 bits per heavy atom. The fraction of sp³-hybridized carbons (Fsp3) is 0.300. The first-order valence-electron chi connectivity index (χ1n) is 8.26. The van der Waals surface area contributed by atoms with Gasteiger partial charge in [-0.1, -0.05) is 74.5 Å². The molecule has 0 spiro atoms. The van der Waals surface area contributed by atoms with Gasteiger partial charge in [-0.3, -0.25) is 20.4 Å². The zero-order valence-electron chi connectivity index (χ0n) is 14.0. The first-order chi connectivity index (χ1) is 11.6. The van der Waals surface area contributed by atoms with Crippen molar-refractivity contribution < 1.29 is 9.59 Å². The highest BCUT2D eigenvalue weighted by Crippen LogP contribution is 2.58. The van der Waals surface area contributed by atoms with Gasteiger partial charge in [-0.2, -0.15) is 0 Å². The summed E-state index contributed by atoms with van der Waals surface area (Å²) in [4.78, 5) is 24.2. The molecule has 2 amide bonds. The molecule has 1 atom stereocenters. The van der Waals surface area contributed by atoms with Crippen LogP contribution in [0.2, 0.25) is 0 Å². The Morgan fingerprint density at radius 3 is 1.88 bits per heavy atom. The molecule has 0 unspecified atom stereocenters. The third-order valence-corrected chi connectivity index (χ3v) is 4.69. The van der Waals surface area contributed by atoms with Crippen LogP contribution in [0.15, 0.2) is 60.7 Å². The number of carbonyl (C=O) groups excluding carboxylic acids is 2. The predicted molar refractivity (Wildman–Crippen MR) is 92.9 cm³/mol. The molecule has 124 valence electrons. The second kappa shape index (κ2) is 6.48. The van der Waals surface area contributed by atoms with Gasteiger partial charge in [0.1, 0.15) is 0 Å². The lowest BCUT2D eigenvalue weighted by Crippen LogP contribution is -2.45. The number of carbonyl (C=O) groups is 2. The number of hydrogen-bond acceptors (Lipinski definition) is 2. The maximum absolute atomic E-state index is 12.6. The second-order valence-corrected chi connectivity index (χ2v) is 6.59. The predicted octanol–water partition coefficient (Wildman–Crippen LogP) is 2.80. The van der Waals surface area contributed by atoms with Crippen LogP contribution >= 0.6 is 0 Å².